The van der Waals surface area contributed by atoms with Gasteiger partial charge >= 0.3 is 5.97 Å². The van der Waals surface area contributed by atoms with Gasteiger partial charge in [0.05, 0.1) is 29.4 Å². The van der Waals surface area contributed by atoms with E-state index in [1.807, 2.05) is 0 Å². The van der Waals surface area contributed by atoms with Crippen LogP contribution >= 0.6 is 0 Å². The number of nitrogens with one attached hydrogen (secondary N) is 1. The lowest BCUT2D eigenvalue weighted by atomic mass is 10.2. The molecule has 0 heterocycles. The van der Waals surface area contributed by atoms with Gasteiger partial charge in [0.15, 0.2) is 6.61 Å². The smallest absolute Gasteiger partial charge is 0.340 e. The number of esters is 1. The number of hydrogen-bond acceptors (Lipinski definition) is 8. The van der Waals surface area contributed by atoms with E-state index < -0.39 is 23.4 Å². The number of phenolic OH excluding ortho intramolecular Hbond substituents is 1. The summed E-state index contributed by atoms with van der Waals surface area (Å²) in [4.78, 5) is 34.0. The first-order valence-electron chi connectivity index (χ1n) is 7.19. The Balaban J connectivity index is 2.02. The molecule has 4 N–H and O–H groups in total. The fourth-order valence-electron chi connectivity index (χ4n) is 2.01. The first-order chi connectivity index (χ1) is 12.3. The summed E-state index contributed by atoms with van der Waals surface area (Å²) in [6.45, 7) is -0.631. The molecule has 0 unspecified atom stereocenters. The molecule has 2 rings (SSSR count). The van der Waals surface area contributed by atoms with Crippen LogP contribution in [0.1, 0.15) is 10.4 Å². The van der Waals surface area contributed by atoms with Gasteiger partial charge in [0, 0.05) is 11.8 Å². The van der Waals surface area contributed by atoms with Gasteiger partial charge in [-0.25, -0.2) is 4.79 Å². The van der Waals surface area contributed by atoms with Gasteiger partial charge in [-0.3, -0.25) is 14.9 Å². The maximum atomic E-state index is 11.9. The molecule has 2 aromatic rings. The molecule has 0 fully saturated rings. The summed E-state index contributed by atoms with van der Waals surface area (Å²) in [6, 6.07) is 7.39. The Bertz CT molecular complexity index is 867. The number of amides is 1. The second-order valence-electron chi connectivity index (χ2n) is 5.04. The highest BCUT2D eigenvalue weighted by Gasteiger charge is 2.16. The number of benzene rings is 2. The van der Waals surface area contributed by atoms with E-state index in [-0.39, 0.29) is 34.1 Å². The van der Waals surface area contributed by atoms with Crippen molar-refractivity contribution in [3.8, 4) is 11.5 Å². The van der Waals surface area contributed by atoms with E-state index >= 15 is 0 Å². The number of hydrogen-bond donors (Lipinski definition) is 3. The van der Waals surface area contributed by atoms with Gasteiger partial charge < -0.3 is 25.6 Å². The van der Waals surface area contributed by atoms with E-state index in [2.05, 4.69) is 5.32 Å². The first kappa shape index (κ1) is 18.5. The second-order valence-corrected chi connectivity index (χ2v) is 5.04. The minimum atomic E-state index is -0.885. The maximum Gasteiger partial charge on any atom is 0.340 e. The van der Waals surface area contributed by atoms with Crippen LogP contribution in [0.25, 0.3) is 0 Å². The molecule has 10 heteroatoms. The molecule has 0 saturated carbocycles. The summed E-state index contributed by atoms with van der Waals surface area (Å²) in [5, 5.41) is 22.5. The molecule has 0 saturated heterocycles. The highest BCUT2D eigenvalue weighted by Crippen LogP contribution is 2.29. The molecule has 0 aliphatic heterocycles. The molecule has 0 aromatic heterocycles. The summed E-state index contributed by atoms with van der Waals surface area (Å²) in [5.74, 6) is -1.67. The van der Waals surface area contributed by atoms with Crippen molar-refractivity contribution in [1.82, 2.24) is 0 Å². The summed E-state index contributed by atoms with van der Waals surface area (Å²) in [7, 11) is 1.29. The van der Waals surface area contributed by atoms with E-state index in [4.69, 9.17) is 15.2 Å². The lowest BCUT2D eigenvalue weighted by Gasteiger charge is -2.11. The van der Waals surface area contributed by atoms with Crippen LogP contribution in [0, 0.1) is 10.1 Å². The highest BCUT2D eigenvalue weighted by atomic mass is 16.6. The van der Waals surface area contributed by atoms with Crippen molar-refractivity contribution in [2.45, 2.75) is 0 Å². The van der Waals surface area contributed by atoms with Gasteiger partial charge in [-0.2, -0.15) is 0 Å². The largest absolute Gasteiger partial charge is 0.508 e. The zero-order valence-corrected chi connectivity index (χ0v) is 13.6. The quantitative estimate of drug-likeness (QED) is 0.231. The predicted octanol–water partition coefficient (Wildman–Crippen LogP) is 1.69. The summed E-state index contributed by atoms with van der Waals surface area (Å²) >= 11 is 0. The Morgan fingerprint density at radius 2 is 2.00 bits per heavy atom. The minimum Gasteiger partial charge on any atom is -0.508 e. The van der Waals surface area contributed by atoms with Crippen LogP contribution in [0.3, 0.4) is 0 Å². The summed E-state index contributed by atoms with van der Waals surface area (Å²) in [5.41, 5.74) is 5.60. The van der Waals surface area contributed by atoms with Crippen LogP contribution in [-0.4, -0.2) is 35.6 Å². The lowest BCUT2D eigenvalue weighted by Crippen LogP contribution is -2.21. The lowest BCUT2D eigenvalue weighted by molar-refractivity contribution is -0.384. The fraction of sp³-hybridized carbons (Fsp3) is 0.125. The average molecular weight is 361 g/mol. The van der Waals surface area contributed by atoms with E-state index in [0.717, 1.165) is 12.1 Å². The molecule has 2 aromatic carbocycles. The van der Waals surface area contributed by atoms with Crippen molar-refractivity contribution in [2.75, 3.05) is 24.8 Å². The van der Waals surface area contributed by atoms with Crippen molar-refractivity contribution >= 4 is 28.9 Å². The van der Waals surface area contributed by atoms with Gasteiger partial charge in [0.2, 0.25) is 0 Å². The Kier molecular flexibility index (Phi) is 5.58. The SMILES string of the molecule is COc1cc([N+](=O)[O-])ccc1NC(=O)COC(=O)c1cc(O)ccc1N. The van der Waals surface area contributed by atoms with Crippen LogP contribution in [0.5, 0.6) is 11.5 Å². The molecular formula is C16H15N3O7. The molecule has 0 radical (unpaired) electrons. The number of non-ortho nitro benzene ring substituents is 1. The van der Waals surface area contributed by atoms with Crippen LogP contribution in [0.4, 0.5) is 17.1 Å². The Hall–Kier alpha value is -3.82. The average Bonchev–Trinajstić information content (AvgIpc) is 2.61. The van der Waals surface area contributed by atoms with E-state index in [1.54, 1.807) is 0 Å². The van der Waals surface area contributed by atoms with E-state index in [0.29, 0.717) is 0 Å². The Labute approximate surface area is 147 Å². The first-order valence-corrected chi connectivity index (χ1v) is 7.19. The number of rotatable bonds is 6. The van der Waals surface area contributed by atoms with Crippen molar-refractivity contribution in [1.29, 1.82) is 0 Å². The van der Waals surface area contributed by atoms with Crippen molar-refractivity contribution in [3.63, 3.8) is 0 Å². The zero-order chi connectivity index (χ0) is 19.3. The summed E-state index contributed by atoms with van der Waals surface area (Å²) < 4.78 is 9.83. The number of phenols is 1. The number of ether oxygens (including phenoxy) is 2. The van der Waals surface area contributed by atoms with E-state index in [1.165, 1.54) is 31.4 Å². The third-order valence-electron chi connectivity index (χ3n) is 3.26. The number of nitrogens with zero attached hydrogens (tertiary/aromatic N) is 1. The molecular weight excluding hydrogens is 346 g/mol. The molecule has 0 bridgehead atoms. The molecule has 0 spiro atoms. The third-order valence-corrected chi connectivity index (χ3v) is 3.26. The monoisotopic (exact) mass is 361 g/mol. The van der Waals surface area contributed by atoms with Crippen LogP contribution in [0.2, 0.25) is 0 Å². The number of methoxy groups -OCH3 is 1. The van der Waals surface area contributed by atoms with Gasteiger partial charge in [-0.15, -0.1) is 0 Å². The molecule has 0 aliphatic carbocycles. The number of nitro benzene ring substituents is 1. The van der Waals surface area contributed by atoms with Gasteiger partial charge in [-0.05, 0) is 24.3 Å². The summed E-state index contributed by atoms with van der Waals surface area (Å²) in [6.07, 6.45) is 0. The number of carbonyl (C=O) groups excluding carboxylic acids is 2. The van der Waals surface area contributed by atoms with Crippen molar-refractivity contribution < 1.29 is 29.1 Å². The number of anilines is 2. The van der Waals surface area contributed by atoms with Crippen molar-refractivity contribution in [2.24, 2.45) is 0 Å². The zero-order valence-electron chi connectivity index (χ0n) is 13.6. The molecule has 0 aliphatic rings. The normalized spacial score (nSPS) is 10.0. The standard InChI is InChI=1S/C16H15N3O7/c1-25-14-6-9(19(23)24)2-5-13(14)18-15(21)8-26-16(22)11-7-10(20)3-4-12(11)17/h2-7,20H,8,17H2,1H3,(H,18,21). The highest BCUT2D eigenvalue weighted by molar-refractivity contribution is 5.99. The molecule has 26 heavy (non-hydrogen) atoms. The van der Waals surface area contributed by atoms with Gasteiger partial charge in [0.1, 0.15) is 11.5 Å². The van der Waals surface area contributed by atoms with Crippen LogP contribution in [-0.2, 0) is 9.53 Å². The fourth-order valence-corrected chi connectivity index (χ4v) is 2.01. The molecule has 0 atom stereocenters. The predicted molar refractivity (Wildman–Crippen MR) is 91.1 cm³/mol. The minimum absolute atomic E-state index is 0.0780. The van der Waals surface area contributed by atoms with Crippen LogP contribution < -0.4 is 15.8 Å². The number of nitrogen functional groups attached to an aromatic ring is 1. The molecule has 1 amide bonds. The molecule has 10 nitrogen and oxygen atoms in total. The Morgan fingerprint density at radius 1 is 1.27 bits per heavy atom. The van der Waals surface area contributed by atoms with Crippen molar-refractivity contribution in [3.05, 3.63) is 52.1 Å². The number of nitrogens with two attached hydrogens (primary N) is 1. The maximum absolute atomic E-state index is 11.9. The molecule has 136 valence electrons. The topological polar surface area (TPSA) is 154 Å². The third kappa shape index (κ3) is 4.38. The second kappa shape index (κ2) is 7.83. The Morgan fingerprint density at radius 3 is 2.65 bits per heavy atom. The number of aromatic hydroxyl groups is 1. The number of carbonyl (C=O) groups is 2. The number of nitro groups is 1. The van der Waals surface area contributed by atoms with Crippen LogP contribution in [0.15, 0.2) is 36.4 Å². The van der Waals surface area contributed by atoms with Gasteiger partial charge in [0.25, 0.3) is 11.6 Å². The van der Waals surface area contributed by atoms with Gasteiger partial charge in [-0.1, -0.05) is 0 Å². The van der Waals surface area contributed by atoms with E-state index in [9.17, 15) is 24.8 Å².